The molecule has 3 rings (SSSR count). The summed E-state index contributed by atoms with van der Waals surface area (Å²) in [5, 5.41) is 3.00. The number of nitrogens with one attached hydrogen (secondary N) is 2. The summed E-state index contributed by atoms with van der Waals surface area (Å²) in [6.07, 6.45) is 1.28. The van der Waals surface area contributed by atoms with Crippen molar-refractivity contribution in [1.29, 1.82) is 0 Å². The number of fused-ring (bicyclic) bond motifs is 1. The summed E-state index contributed by atoms with van der Waals surface area (Å²) in [5.41, 5.74) is 2.70. The predicted molar refractivity (Wildman–Crippen MR) is 125 cm³/mol. The highest BCUT2D eigenvalue weighted by Gasteiger charge is 2.29. The van der Waals surface area contributed by atoms with Crippen LogP contribution >= 0.6 is 0 Å². The Hall–Kier alpha value is -3.10. The molecule has 0 spiro atoms. The van der Waals surface area contributed by atoms with Gasteiger partial charge in [-0.05, 0) is 65.0 Å². The van der Waals surface area contributed by atoms with Gasteiger partial charge in [0.15, 0.2) is 0 Å². The van der Waals surface area contributed by atoms with E-state index in [4.69, 9.17) is 9.47 Å². The Kier molecular flexibility index (Phi) is 7.61. The van der Waals surface area contributed by atoms with Gasteiger partial charge in [0, 0.05) is 19.5 Å². The van der Waals surface area contributed by atoms with E-state index in [1.807, 2.05) is 39.8 Å². The number of rotatable bonds is 6. The van der Waals surface area contributed by atoms with E-state index in [1.165, 1.54) is 0 Å². The standard InChI is InChI=1S/C24H34N4O5/c1-6-32-20(30)10-9-19(29)27-21-17(7-8-18-22(21)26-15(2)25-18)16-11-13-28(14-12-16)23(31)33-24(3,4)5/h7-8,16H,6,9-14H2,1-5H3,(H,25,26)(H,27,29). The molecule has 1 saturated heterocycles. The van der Waals surface area contributed by atoms with Crippen LogP contribution in [0.2, 0.25) is 0 Å². The van der Waals surface area contributed by atoms with Crippen LogP contribution in [-0.4, -0.2) is 58.1 Å². The first kappa shape index (κ1) is 24.5. The number of hydrogen-bond donors (Lipinski definition) is 2. The second-order valence-corrected chi connectivity index (χ2v) is 9.34. The summed E-state index contributed by atoms with van der Waals surface area (Å²) in [5.74, 6) is 0.272. The summed E-state index contributed by atoms with van der Waals surface area (Å²) < 4.78 is 10.4. The topological polar surface area (TPSA) is 114 Å². The zero-order valence-electron chi connectivity index (χ0n) is 20.1. The third-order valence-corrected chi connectivity index (χ3v) is 5.52. The van der Waals surface area contributed by atoms with Gasteiger partial charge < -0.3 is 24.7 Å². The van der Waals surface area contributed by atoms with Crippen LogP contribution in [0, 0.1) is 6.92 Å². The normalized spacial score (nSPS) is 14.9. The quantitative estimate of drug-likeness (QED) is 0.625. The van der Waals surface area contributed by atoms with Crippen LogP contribution in [-0.2, 0) is 19.1 Å². The van der Waals surface area contributed by atoms with Crippen LogP contribution in [0.5, 0.6) is 0 Å². The number of carbonyl (C=O) groups excluding carboxylic acids is 3. The molecule has 0 saturated carbocycles. The number of likely N-dealkylation sites (tertiary alicyclic amines) is 1. The zero-order valence-corrected chi connectivity index (χ0v) is 20.1. The second kappa shape index (κ2) is 10.2. The Morgan fingerprint density at radius 3 is 2.52 bits per heavy atom. The van der Waals surface area contributed by atoms with Gasteiger partial charge in [0.1, 0.15) is 11.4 Å². The number of imidazole rings is 1. The lowest BCUT2D eigenvalue weighted by Gasteiger charge is -2.34. The lowest BCUT2D eigenvalue weighted by Crippen LogP contribution is -2.41. The van der Waals surface area contributed by atoms with E-state index >= 15 is 0 Å². The molecule has 1 aromatic carbocycles. The average molecular weight is 459 g/mol. The van der Waals surface area contributed by atoms with Crippen molar-refractivity contribution >= 4 is 34.7 Å². The number of aryl methyl sites for hydroxylation is 1. The van der Waals surface area contributed by atoms with Gasteiger partial charge in [0.05, 0.1) is 29.7 Å². The van der Waals surface area contributed by atoms with Crippen LogP contribution in [0.15, 0.2) is 12.1 Å². The maximum atomic E-state index is 12.7. The Bertz CT molecular complexity index is 1020. The molecule has 0 atom stereocenters. The molecule has 2 heterocycles. The third kappa shape index (κ3) is 6.46. The van der Waals surface area contributed by atoms with E-state index in [2.05, 4.69) is 15.3 Å². The first-order valence-corrected chi connectivity index (χ1v) is 11.5. The van der Waals surface area contributed by atoms with Gasteiger partial charge in [-0.1, -0.05) is 6.07 Å². The van der Waals surface area contributed by atoms with Crippen LogP contribution in [0.1, 0.15) is 70.7 Å². The molecular formula is C24H34N4O5. The number of ether oxygens (including phenoxy) is 2. The van der Waals surface area contributed by atoms with Gasteiger partial charge in [-0.3, -0.25) is 9.59 Å². The molecule has 180 valence electrons. The Morgan fingerprint density at radius 2 is 1.88 bits per heavy atom. The molecule has 33 heavy (non-hydrogen) atoms. The maximum Gasteiger partial charge on any atom is 0.410 e. The van der Waals surface area contributed by atoms with Crippen molar-refractivity contribution in [3.8, 4) is 0 Å². The molecule has 9 heteroatoms. The van der Waals surface area contributed by atoms with E-state index in [9.17, 15) is 14.4 Å². The number of hydrogen-bond acceptors (Lipinski definition) is 6. The van der Waals surface area contributed by atoms with Crippen LogP contribution in [0.4, 0.5) is 10.5 Å². The SMILES string of the molecule is CCOC(=O)CCC(=O)Nc1c(C2CCN(C(=O)OC(C)(C)C)CC2)ccc2nc(C)[nH]c12. The van der Waals surface area contributed by atoms with Gasteiger partial charge in [-0.2, -0.15) is 0 Å². The monoisotopic (exact) mass is 458 g/mol. The number of esters is 1. The third-order valence-electron chi connectivity index (χ3n) is 5.52. The number of benzene rings is 1. The van der Waals surface area contributed by atoms with Crippen LogP contribution in [0.25, 0.3) is 11.0 Å². The molecule has 1 aliphatic rings. The first-order valence-electron chi connectivity index (χ1n) is 11.5. The number of aromatic nitrogens is 2. The van der Waals surface area contributed by atoms with E-state index < -0.39 is 11.6 Å². The number of anilines is 1. The van der Waals surface area contributed by atoms with Crippen molar-refractivity contribution in [2.24, 2.45) is 0 Å². The molecule has 2 N–H and O–H groups in total. The minimum Gasteiger partial charge on any atom is -0.466 e. The highest BCUT2D eigenvalue weighted by atomic mass is 16.6. The zero-order chi connectivity index (χ0) is 24.2. The highest BCUT2D eigenvalue weighted by molar-refractivity contribution is 6.01. The Balaban J connectivity index is 1.76. The summed E-state index contributed by atoms with van der Waals surface area (Å²) in [6.45, 7) is 10.6. The van der Waals surface area contributed by atoms with Crippen molar-refractivity contribution in [2.45, 2.75) is 71.8 Å². The average Bonchev–Trinajstić information content (AvgIpc) is 3.12. The van der Waals surface area contributed by atoms with Gasteiger partial charge in [0.25, 0.3) is 0 Å². The minimum atomic E-state index is -0.529. The second-order valence-electron chi connectivity index (χ2n) is 9.34. The summed E-state index contributed by atoms with van der Waals surface area (Å²) in [7, 11) is 0. The number of carbonyl (C=O) groups is 3. The van der Waals surface area contributed by atoms with Crippen LogP contribution < -0.4 is 5.32 Å². The molecule has 9 nitrogen and oxygen atoms in total. The molecule has 1 aliphatic heterocycles. The molecule has 0 bridgehead atoms. The van der Waals surface area contributed by atoms with Gasteiger partial charge in [-0.15, -0.1) is 0 Å². The van der Waals surface area contributed by atoms with Crippen LogP contribution in [0.3, 0.4) is 0 Å². The van der Waals surface area contributed by atoms with E-state index in [0.717, 1.165) is 35.3 Å². The van der Waals surface area contributed by atoms with Crippen molar-refractivity contribution in [1.82, 2.24) is 14.9 Å². The number of piperidine rings is 1. The highest BCUT2D eigenvalue weighted by Crippen LogP contribution is 2.37. The minimum absolute atomic E-state index is 0.0290. The molecule has 0 radical (unpaired) electrons. The number of aromatic amines is 1. The number of H-pyrrole nitrogens is 1. The summed E-state index contributed by atoms with van der Waals surface area (Å²) in [6, 6.07) is 3.94. The van der Waals surface area contributed by atoms with Gasteiger partial charge >= 0.3 is 12.1 Å². The molecule has 2 amide bonds. The van der Waals surface area contributed by atoms with Crippen molar-refractivity contribution in [2.75, 3.05) is 25.0 Å². The Labute approximate surface area is 194 Å². The number of amides is 2. The van der Waals surface area contributed by atoms with Gasteiger partial charge in [-0.25, -0.2) is 9.78 Å². The molecule has 2 aromatic rings. The fourth-order valence-electron chi connectivity index (χ4n) is 4.04. The fraction of sp³-hybridized carbons (Fsp3) is 0.583. The van der Waals surface area contributed by atoms with Crippen molar-refractivity contribution in [3.05, 3.63) is 23.5 Å². The van der Waals surface area contributed by atoms with Crippen molar-refractivity contribution < 1.29 is 23.9 Å². The Morgan fingerprint density at radius 1 is 1.18 bits per heavy atom. The summed E-state index contributed by atoms with van der Waals surface area (Å²) in [4.78, 5) is 46.2. The molecule has 0 unspecified atom stereocenters. The molecule has 0 aliphatic carbocycles. The lowest BCUT2D eigenvalue weighted by atomic mass is 9.88. The van der Waals surface area contributed by atoms with E-state index in [0.29, 0.717) is 25.4 Å². The lowest BCUT2D eigenvalue weighted by molar-refractivity contribution is -0.144. The summed E-state index contributed by atoms with van der Waals surface area (Å²) >= 11 is 0. The smallest absolute Gasteiger partial charge is 0.410 e. The largest absolute Gasteiger partial charge is 0.466 e. The van der Waals surface area contributed by atoms with Crippen molar-refractivity contribution in [3.63, 3.8) is 0 Å². The predicted octanol–water partition coefficient (Wildman–Crippen LogP) is 4.27. The molecule has 1 aromatic heterocycles. The maximum absolute atomic E-state index is 12.7. The number of nitrogens with zero attached hydrogens (tertiary/aromatic N) is 2. The molecular weight excluding hydrogens is 424 g/mol. The molecule has 1 fully saturated rings. The van der Waals surface area contributed by atoms with E-state index in [-0.39, 0.29) is 30.8 Å². The van der Waals surface area contributed by atoms with Gasteiger partial charge in [0.2, 0.25) is 5.91 Å². The van der Waals surface area contributed by atoms with E-state index in [1.54, 1.807) is 11.8 Å². The first-order chi connectivity index (χ1) is 15.6. The fourth-order valence-corrected chi connectivity index (χ4v) is 4.04.